The van der Waals surface area contributed by atoms with E-state index in [-0.39, 0.29) is 17.8 Å². The third-order valence-corrected chi connectivity index (χ3v) is 5.84. The van der Waals surface area contributed by atoms with E-state index in [4.69, 9.17) is 9.47 Å². The third-order valence-electron chi connectivity index (χ3n) is 4.88. The van der Waals surface area contributed by atoms with Crippen LogP contribution in [0.3, 0.4) is 0 Å². The first-order valence-corrected chi connectivity index (χ1v) is 10.0. The smallest absolute Gasteiger partial charge is 0.232 e. The Balaban J connectivity index is 1.59. The lowest BCUT2D eigenvalue weighted by atomic mass is 10.1. The molecule has 28 heavy (non-hydrogen) atoms. The van der Waals surface area contributed by atoms with Gasteiger partial charge in [-0.3, -0.25) is 4.79 Å². The predicted molar refractivity (Wildman–Crippen MR) is 108 cm³/mol. The van der Waals surface area contributed by atoms with Gasteiger partial charge in [0.2, 0.25) is 5.91 Å². The molecule has 1 unspecified atom stereocenters. The first kappa shape index (κ1) is 20.0. The number of benzene rings is 1. The molecule has 0 saturated carbocycles. The second-order valence-corrected chi connectivity index (χ2v) is 7.76. The Morgan fingerprint density at radius 1 is 1.29 bits per heavy atom. The van der Waals surface area contributed by atoms with Crippen LogP contribution in [0.4, 0.5) is 0 Å². The predicted octanol–water partition coefficient (Wildman–Crippen LogP) is 3.27. The summed E-state index contributed by atoms with van der Waals surface area (Å²) >= 11 is 1.30. The zero-order valence-electron chi connectivity index (χ0n) is 16.5. The molecule has 0 aliphatic carbocycles. The molecule has 0 saturated heterocycles. The van der Waals surface area contributed by atoms with Gasteiger partial charge in [-0.25, -0.2) is 4.98 Å². The second kappa shape index (κ2) is 8.53. The maximum Gasteiger partial charge on any atom is 0.232 e. The van der Waals surface area contributed by atoms with Crippen LogP contribution >= 0.6 is 11.8 Å². The van der Waals surface area contributed by atoms with Gasteiger partial charge in [0.15, 0.2) is 17.6 Å². The number of para-hydroxylation sites is 2. The Hall–Kier alpha value is -2.72. The molecule has 1 aliphatic heterocycles. The number of hydrogen-bond acceptors (Lipinski definition) is 6. The summed E-state index contributed by atoms with van der Waals surface area (Å²) in [6, 6.07) is 9.72. The van der Waals surface area contributed by atoms with Crippen molar-refractivity contribution in [1.29, 1.82) is 5.26 Å². The molecule has 3 rings (SSSR count). The third kappa shape index (κ3) is 4.23. The van der Waals surface area contributed by atoms with E-state index in [1.165, 1.54) is 11.8 Å². The van der Waals surface area contributed by atoms with E-state index in [2.05, 4.69) is 11.1 Å². The van der Waals surface area contributed by atoms with E-state index in [0.717, 1.165) is 22.6 Å². The minimum absolute atomic E-state index is 0.0472. The molecule has 1 aliphatic rings. The number of nitrogens with zero attached hydrogens (tertiary/aromatic N) is 3. The van der Waals surface area contributed by atoms with Crippen LogP contribution in [-0.2, 0) is 4.79 Å². The van der Waals surface area contributed by atoms with Crippen LogP contribution in [-0.4, -0.2) is 47.8 Å². The van der Waals surface area contributed by atoms with Crippen molar-refractivity contribution in [3.63, 3.8) is 0 Å². The molecule has 1 atom stereocenters. The first-order valence-electron chi connectivity index (χ1n) is 9.03. The Morgan fingerprint density at radius 2 is 2.00 bits per heavy atom. The molecule has 0 fully saturated rings. The van der Waals surface area contributed by atoms with E-state index in [1.807, 2.05) is 45.0 Å². The summed E-state index contributed by atoms with van der Waals surface area (Å²) in [4.78, 5) is 18.7. The van der Waals surface area contributed by atoms with Crippen molar-refractivity contribution in [1.82, 2.24) is 9.88 Å². The molecule has 146 valence electrons. The topological polar surface area (TPSA) is 75.5 Å². The monoisotopic (exact) mass is 397 g/mol. The molecule has 0 radical (unpaired) electrons. The van der Waals surface area contributed by atoms with Gasteiger partial charge < -0.3 is 14.4 Å². The number of thioether (sulfide) groups is 1. The number of hydrogen-bond donors (Lipinski definition) is 0. The number of amides is 1. The summed E-state index contributed by atoms with van der Waals surface area (Å²) in [5.41, 5.74) is 3.36. The molecule has 1 aromatic heterocycles. The van der Waals surface area contributed by atoms with Gasteiger partial charge in [-0.15, -0.1) is 0 Å². The summed E-state index contributed by atoms with van der Waals surface area (Å²) in [6.07, 6.45) is -0.217. The number of pyridine rings is 1. The van der Waals surface area contributed by atoms with Crippen LogP contribution < -0.4 is 9.47 Å². The molecule has 0 N–H and O–H groups in total. The van der Waals surface area contributed by atoms with E-state index >= 15 is 0 Å². The minimum Gasteiger partial charge on any atom is -0.486 e. The maximum atomic E-state index is 12.6. The van der Waals surface area contributed by atoms with Crippen LogP contribution in [0.5, 0.6) is 11.5 Å². The number of aromatic nitrogens is 1. The Bertz CT molecular complexity index is 939. The van der Waals surface area contributed by atoms with Gasteiger partial charge in [-0.2, -0.15) is 5.26 Å². The van der Waals surface area contributed by atoms with Crippen LogP contribution in [0.2, 0.25) is 0 Å². The number of fused-ring (bicyclic) bond motifs is 1. The molecule has 6 nitrogen and oxygen atoms in total. The molecule has 0 spiro atoms. The molecular weight excluding hydrogens is 374 g/mol. The van der Waals surface area contributed by atoms with Gasteiger partial charge in [0.05, 0.1) is 17.9 Å². The average molecular weight is 398 g/mol. The van der Waals surface area contributed by atoms with Crippen LogP contribution in [0.25, 0.3) is 0 Å². The number of nitriles is 1. The number of ether oxygens (including phenoxy) is 2. The lowest BCUT2D eigenvalue weighted by Crippen LogP contribution is -2.42. The van der Waals surface area contributed by atoms with E-state index in [1.54, 1.807) is 11.9 Å². The summed E-state index contributed by atoms with van der Waals surface area (Å²) < 4.78 is 11.6. The largest absolute Gasteiger partial charge is 0.486 e. The van der Waals surface area contributed by atoms with Crippen LogP contribution in [0.1, 0.15) is 22.4 Å². The molecule has 0 bridgehead atoms. The Morgan fingerprint density at radius 3 is 2.71 bits per heavy atom. The highest BCUT2D eigenvalue weighted by Gasteiger charge is 2.24. The maximum absolute atomic E-state index is 12.6. The van der Waals surface area contributed by atoms with E-state index in [9.17, 15) is 10.1 Å². The number of carbonyl (C=O) groups excluding carboxylic acids is 1. The fraction of sp³-hybridized carbons (Fsp3) is 0.381. The zero-order valence-corrected chi connectivity index (χ0v) is 17.3. The SMILES string of the molecule is Cc1nc(SCC(=O)N(C)CC2COc3ccccc3O2)c(C#N)c(C)c1C. The normalized spacial score (nSPS) is 15.0. The van der Waals surface area contributed by atoms with Crippen LogP contribution in [0.15, 0.2) is 29.3 Å². The van der Waals surface area contributed by atoms with Crippen molar-refractivity contribution in [2.45, 2.75) is 31.9 Å². The Kier molecular flexibility index (Phi) is 6.10. The fourth-order valence-electron chi connectivity index (χ4n) is 2.95. The quantitative estimate of drug-likeness (QED) is 0.721. The lowest BCUT2D eigenvalue weighted by Gasteiger charge is -2.29. The van der Waals surface area contributed by atoms with Crippen molar-refractivity contribution in [2.75, 3.05) is 26.0 Å². The number of aryl methyl sites for hydroxylation is 1. The standard InChI is InChI=1S/C21H23N3O3S/c1-13-14(2)17(9-22)21(23-15(13)3)28-12-20(25)24(4)10-16-11-26-18-7-5-6-8-19(18)27-16/h5-8,16H,10-12H2,1-4H3. The zero-order chi connectivity index (χ0) is 20.3. The summed E-state index contributed by atoms with van der Waals surface area (Å²) in [5, 5.41) is 10.1. The second-order valence-electron chi connectivity index (χ2n) is 6.80. The summed E-state index contributed by atoms with van der Waals surface area (Å²) in [7, 11) is 1.75. The van der Waals surface area contributed by atoms with E-state index < -0.39 is 0 Å². The van der Waals surface area contributed by atoms with Gasteiger partial charge in [0.25, 0.3) is 0 Å². The van der Waals surface area contributed by atoms with Crippen molar-refractivity contribution < 1.29 is 14.3 Å². The molecule has 7 heteroatoms. The highest BCUT2D eigenvalue weighted by Crippen LogP contribution is 2.31. The van der Waals surface area contributed by atoms with Crippen molar-refractivity contribution in [3.05, 3.63) is 46.6 Å². The van der Waals surface area contributed by atoms with Gasteiger partial charge >= 0.3 is 0 Å². The minimum atomic E-state index is -0.217. The molecule has 2 aromatic rings. The number of likely N-dealkylation sites (N-methyl/N-ethyl adjacent to an activating group) is 1. The van der Waals surface area contributed by atoms with Crippen molar-refractivity contribution in [2.24, 2.45) is 0 Å². The first-order chi connectivity index (χ1) is 13.4. The average Bonchev–Trinajstić information content (AvgIpc) is 2.70. The molecular formula is C21H23N3O3S. The molecule has 1 aromatic carbocycles. The molecule has 1 amide bonds. The van der Waals surface area contributed by atoms with Gasteiger partial charge in [0.1, 0.15) is 17.7 Å². The number of rotatable bonds is 5. The highest BCUT2D eigenvalue weighted by molar-refractivity contribution is 8.00. The van der Waals surface area contributed by atoms with E-state index in [0.29, 0.717) is 29.5 Å². The van der Waals surface area contributed by atoms with Crippen molar-refractivity contribution in [3.8, 4) is 17.6 Å². The lowest BCUT2D eigenvalue weighted by molar-refractivity contribution is -0.128. The van der Waals surface area contributed by atoms with Gasteiger partial charge in [-0.05, 0) is 44.0 Å². The summed E-state index contributed by atoms with van der Waals surface area (Å²) in [5.74, 6) is 1.59. The highest BCUT2D eigenvalue weighted by atomic mass is 32.2. The fourth-order valence-corrected chi connectivity index (χ4v) is 3.97. The van der Waals surface area contributed by atoms with Crippen LogP contribution in [0, 0.1) is 32.1 Å². The summed E-state index contributed by atoms with van der Waals surface area (Å²) in [6.45, 7) is 6.62. The van der Waals surface area contributed by atoms with Gasteiger partial charge in [0, 0.05) is 12.7 Å². The number of carbonyl (C=O) groups is 1. The molecule has 2 heterocycles. The van der Waals surface area contributed by atoms with Crippen molar-refractivity contribution >= 4 is 17.7 Å². The van der Waals surface area contributed by atoms with Gasteiger partial charge in [-0.1, -0.05) is 23.9 Å². The Labute approximate surface area is 169 Å².